The Morgan fingerprint density at radius 2 is 1.89 bits per heavy atom. The Morgan fingerprint density at radius 1 is 1.26 bits per heavy atom. The minimum Gasteiger partial charge on any atom is -0.465 e. The van der Waals surface area contributed by atoms with Crippen molar-refractivity contribution in [3.8, 4) is 0 Å². The van der Waals surface area contributed by atoms with E-state index < -0.39 is 5.60 Å². The Hall–Kier alpha value is -1.62. The largest absolute Gasteiger partial charge is 0.465 e. The number of methoxy groups -OCH3 is 1. The molecule has 1 aromatic rings. The van der Waals surface area contributed by atoms with Gasteiger partial charge in [-0.1, -0.05) is 0 Å². The average molecular weight is 282 g/mol. The van der Waals surface area contributed by atoms with Crippen molar-refractivity contribution in [1.29, 1.82) is 0 Å². The number of ether oxygens (including phenoxy) is 2. The second-order valence-electron chi connectivity index (χ2n) is 5.02. The predicted octanol–water partition coefficient (Wildman–Crippen LogP) is 3.28. The van der Waals surface area contributed by atoms with Crippen molar-refractivity contribution in [2.24, 2.45) is 0 Å². The van der Waals surface area contributed by atoms with Gasteiger partial charge in [-0.05, 0) is 45.9 Å². The number of carbonyl (C=O) groups is 2. The first-order valence-corrected chi connectivity index (χ1v) is 6.64. The van der Waals surface area contributed by atoms with Crippen molar-refractivity contribution >= 4 is 29.4 Å². The monoisotopic (exact) mass is 282 g/mol. The van der Waals surface area contributed by atoms with Crippen LogP contribution in [0.2, 0.25) is 0 Å². The number of hydrogen-bond donors (Lipinski definition) is 0. The van der Waals surface area contributed by atoms with E-state index in [4.69, 9.17) is 4.74 Å². The van der Waals surface area contributed by atoms with Gasteiger partial charge in [0.2, 0.25) is 0 Å². The molecule has 19 heavy (non-hydrogen) atoms. The van der Waals surface area contributed by atoms with Gasteiger partial charge >= 0.3 is 11.9 Å². The number of carbonyl (C=O) groups excluding carboxylic acids is 2. The van der Waals surface area contributed by atoms with Crippen LogP contribution in [-0.4, -0.2) is 24.6 Å². The van der Waals surface area contributed by atoms with E-state index in [1.807, 2.05) is 20.8 Å². The van der Waals surface area contributed by atoms with E-state index in [1.54, 1.807) is 25.1 Å². The summed E-state index contributed by atoms with van der Waals surface area (Å²) in [5.74, 6) is -0.736. The highest BCUT2D eigenvalue weighted by Crippen LogP contribution is 2.21. The summed E-state index contributed by atoms with van der Waals surface area (Å²) in [5, 5.41) is 0. The minimum absolute atomic E-state index is 0.361. The van der Waals surface area contributed by atoms with Gasteiger partial charge in [-0.25, -0.2) is 9.59 Å². The third-order valence-electron chi connectivity index (χ3n) is 2.09. The molecule has 0 saturated carbocycles. The van der Waals surface area contributed by atoms with Crippen LogP contribution in [-0.2, 0) is 14.3 Å². The van der Waals surface area contributed by atoms with Crippen LogP contribution < -0.4 is 0 Å². The first-order chi connectivity index (χ1) is 8.73. The van der Waals surface area contributed by atoms with Crippen molar-refractivity contribution in [3.05, 3.63) is 27.5 Å². The van der Waals surface area contributed by atoms with Crippen molar-refractivity contribution in [1.82, 2.24) is 0 Å². The van der Waals surface area contributed by atoms with Crippen molar-refractivity contribution in [3.63, 3.8) is 0 Å². The van der Waals surface area contributed by atoms with Gasteiger partial charge in [0.1, 0.15) is 10.5 Å². The molecule has 1 heterocycles. The lowest BCUT2D eigenvalue weighted by atomic mass is 10.2. The van der Waals surface area contributed by atoms with Crippen LogP contribution in [0, 0.1) is 0 Å². The molecule has 1 aromatic heterocycles. The third-order valence-corrected chi connectivity index (χ3v) is 3.11. The third kappa shape index (κ3) is 4.87. The Labute approximate surface area is 117 Å². The summed E-state index contributed by atoms with van der Waals surface area (Å²) in [6, 6.07) is 3.44. The maximum Gasteiger partial charge on any atom is 0.348 e. The zero-order chi connectivity index (χ0) is 14.6. The van der Waals surface area contributed by atoms with Crippen LogP contribution in [0.15, 0.2) is 17.7 Å². The number of hydrogen-bond acceptors (Lipinski definition) is 5. The maximum atomic E-state index is 11.8. The van der Waals surface area contributed by atoms with Crippen molar-refractivity contribution in [2.45, 2.75) is 33.3 Å². The SMILES string of the molecule is COC(=O)c1ccc(C=C(C)C(=O)OC(C)(C)C)s1. The predicted molar refractivity (Wildman–Crippen MR) is 75.2 cm³/mol. The molecule has 0 spiro atoms. The average Bonchev–Trinajstić information content (AvgIpc) is 2.74. The van der Waals surface area contributed by atoms with Gasteiger partial charge in [0.25, 0.3) is 0 Å². The normalized spacial score (nSPS) is 12.2. The summed E-state index contributed by atoms with van der Waals surface area (Å²) in [6.45, 7) is 7.14. The maximum absolute atomic E-state index is 11.8. The molecule has 0 radical (unpaired) electrons. The summed E-state index contributed by atoms with van der Waals surface area (Å²) in [7, 11) is 1.34. The van der Waals surface area contributed by atoms with Gasteiger partial charge in [-0.3, -0.25) is 0 Å². The molecule has 0 bridgehead atoms. The van der Waals surface area contributed by atoms with E-state index in [2.05, 4.69) is 4.74 Å². The van der Waals surface area contributed by atoms with E-state index in [9.17, 15) is 9.59 Å². The first kappa shape index (κ1) is 15.4. The molecule has 0 aliphatic heterocycles. The van der Waals surface area contributed by atoms with E-state index in [0.717, 1.165) is 4.88 Å². The molecular weight excluding hydrogens is 264 g/mol. The Morgan fingerprint density at radius 3 is 2.42 bits per heavy atom. The summed E-state index contributed by atoms with van der Waals surface area (Å²) in [5.41, 5.74) is -0.0214. The lowest BCUT2D eigenvalue weighted by Crippen LogP contribution is -2.24. The molecule has 5 heteroatoms. The summed E-state index contributed by atoms with van der Waals surface area (Å²) < 4.78 is 9.88. The van der Waals surface area contributed by atoms with E-state index in [-0.39, 0.29) is 11.9 Å². The number of thiophene rings is 1. The zero-order valence-electron chi connectivity index (χ0n) is 11.8. The van der Waals surface area contributed by atoms with Gasteiger partial charge in [-0.2, -0.15) is 0 Å². The fourth-order valence-corrected chi connectivity index (χ4v) is 2.20. The smallest absolute Gasteiger partial charge is 0.348 e. The van der Waals surface area contributed by atoms with E-state index in [1.165, 1.54) is 18.4 Å². The molecule has 0 fully saturated rings. The van der Waals surface area contributed by atoms with Gasteiger partial charge in [0, 0.05) is 10.5 Å². The quantitative estimate of drug-likeness (QED) is 0.630. The summed E-state index contributed by atoms with van der Waals surface area (Å²) in [6.07, 6.45) is 1.70. The molecule has 1 rings (SSSR count). The molecule has 0 unspecified atom stereocenters. The molecule has 0 aliphatic carbocycles. The molecule has 0 saturated heterocycles. The van der Waals surface area contributed by atoms with Crippen molar-refractivity contribution in [2.75, 3.05) is 7.11 Å². The van der Waals surface area contributed by atoms with Crippen LogP contribution in [0.4, 0.5) is 0 Å². The van der Waals surface area contributed by atoms with Gasteiger partial charge in [-0.15, -0.1) is 11.3 Å². The Balaban J connectivity index is 2.82. The van der Waals surface area contributed by atoms with Crippen molar-refractivity contribution < 1.29 is 19.1 Å². The van der Waals surface area contributed by atoms with E-state index in [0.29, 0.717) is 10.5 Å². The molecule has 0 aromatic carbocycles. The second kappa shape index (κ2) is 6.02. The standard InChI is InChI=1S/C14H18O4S/c1-9(12(15)18-14(2,3)4)8-10-6-7-11(19-10)13(16)17-5/h6-8H,1-5H3. The molecule has 4 nitrogen and oxygen atoms in total. The fourth-order valence-electron chi connectivity index (χ4n) is 1.27. The van der Waals surface area contributed by atoms with Crippen LogP contribution in [0.1, 0.15) is 42.2 Å². The Bertz CT molecular complexity index is 506. The topological polar surface area (TPSA) is 52.6 Å². The van der Waals surface area contributed by atoms with Crippen LogP contribution in [0.3, 0.4) is 0 Å². The van der Waals surface area contributed by atoms with Crippen LogP contribution in [0.5, 0.6) is 0 Å². The number of rotatable bonds is 3. The fraction of sp³-hybridized carbons (Fsp3) is 0.429. The van der Waals surface area contributed by atoms with Crippen LogP contribution in [0.25, 0.3) is 6.08 Å². The molecular formula is C14H18O4S. The minimum atomic E-state index is -0.515. The molecule has 0 atom stereocenters. The highest BCUT2D eigenvalue weighted by molar-refractivity contribution is 7.14. The lowest BCUT2D eigenvalue weighted by molar-refractivity contribution is -0.149. The first-order valence-electron chi connectivity index (χ1n) is 5.83. The molecule has 0 amide bonds. The molecule has 0 aliphatic rings. The highest BCUT2D eigenvalue weighted by Gasteiger charge is 2.17. The Kier molecular flexibility index (Phi) is 4.89. The second-order valence-corrected chi connectivity index (χ2v) is 6.14. The van der Waals surface area contributed by atoms with Crippen LogP contribution >= 0.6 is 11.3 Å². The molecule has 0 N–H and O–H groups in total. The van der Waals surface area contributed by atoms with Gasteiger partial charge in [0.15, 0.2) is 0 Å². The lowest BCUT2D eigenvalue weighted by Gasteiger charge is -2.19. The zero-order valence-corrected chi connectivity index (χ0v) is 12.6. The van der Waals surface area contributed by atoms with E-state index >= 15 is 0 Å². The van der Waals surface area contributed by atoms with Gasteiger partial charge < -0.3 is 9.47 Å². The molecule has 104 valence electrons. The highest BCUT2D eigenvalue weighted by atomic mass is 32.1. The summed E-state index contributed by atoms with van der Waals surface area (Å²) >= 11 is 1.27. The summed E-state index contributed by atoms with van der Waals surface area (Å²) in [4.78, 5) is 24.4. The number of esters is 2. The van der Waals surface area contributed by atoms with Gasteiger partial charge in [0.05, 0.1) is 7.11 Å².